The fourth-order valence-electron chi connectivity index (χ4n) is 2.18. The predicted molar refractivity (Wildman–Crippen MR) is 85.9 cm³/mol. The number of hydrogen-bond acceptors (Lipinski definition) is 3. The van der Waals surface area contributed by atoms with E-state index in [4.69, 9.17) is 4.74 Å². The third kappa shape index (κ3) is 4.48. The number of hydrogen-bond donors (Lipinski definition) is 2. The number of pyridine rings is 1. The molecule has 5 heteroatoms. The van der Waals surface area contributed by atoms with E-state index in [9.17, 15) is 4.79 Å². The van der Waals surface area contributed by atoms with Crippen molar-refractivity contribution in [3.63, 3.8) is 0 Å². The number of aryl methyl sites for hydroxylation is 1. The molecular weight excluding hydrogens is 278 g/mol. The molecule has 0 spiro atoms. The van der Waals surface area contributed by atoms with Gasteiger partial charge in [0.2, 0.25) is 5.88 Å². The first-order valence-corrected chi connectivity index (χ1v) is 7.25. The summed E-state index contributed by atoms with van der Waals surface area (Å²) >= 11 is 0. The largest absolute Gasteiger partial charge is 0.481 e. The summed E-state index contributed by atoms with van der Waals surface area (Å²) in [5.74, 6) is 0.530. The third-order valence-electron chi connectivity index (χ3n) is 3.42. The summed E-state index contributed by atoms with van der Waals surface area (Å²) < 4.78 is 5.15. The zero-order valence-corrected chi connectivity index (χ0v) is 12.9. The van der Waals surface area contributed by atoms with Crippen LogP contribution in [0.3, 0.4) is 0 Å². The Hall–Kier alpha value is -2.56. The second kappa shape index (κ2) is 8.02. The molecule has 2 amide bonds. The molecule has 0 radical (unpaired) electrons. The molecule has 22 heavy (non-hydrogen) atoms. The van der Waals surface area contributed by atoms with Gasteiger partial charge in [-0.25, -0.2) is 9.78 Å². The van der Waals surface area contributed by atoms with Crippen LogP contribution >= 0.6 is 0 Å². The smallest absolute Gasteiger partial charge is 0.315 e. The van der Waals surface area contributed by atoms with Gasteiger partial charge in [-0.05, 0) is 30.5 Å². The molecular formula is C17H21N3O2. The van der Waals surface area contributed by atoms with Crippen molar-refractivity contribution in [2.75, 3.05) is 13.7 Å². The van der Waals surface area contributed by atoms with Crippen LogP contribution in [-0.4, -0.2) is 24.7 Å². The lowest BCUT2D eigenvalue weighted by Crippen LogP contribution is -2.36. The summed E-state index contributed by atoms with van der Waals surface area (Å²) in [5.41, 5.74) is 3.33. The number of benzene rings is 1. The lowest BCUT2D eigenvalue weighted by atomic mass is 10.1. The second-order valence-electron chi connectivity index (χ2n) is 4.96. The van der Waals surface area contributed by atoms with Crippen molar-refractivity contribution in [1.29, 1.82) is 0 Å². The van der Waals surface area contributed by atoms with Crippen molar-refractivity contribution in [2.45, 2.75) is 19.9 Å². The average Bonchev–Trinajstić information content (AvgIpc) is 2.55. The van der Waals surface area contributed by atoms with Crippen molar-refractivity contribution in [1.82, 2.24) is 15.6 Å². The highest BCUT2D eigenvalue weighted by atomic mass is 16.5. The van der Waals surface area contributed by atoms with E-state index in [0.29, 0.717) is 19.0 Å². The molecule has 0 atom stereocenters. The van der Waals surface area contributed by atoms with Gasteiger partial charge in [-0.15, -0.1) is 0 Å². The minimum atomic E-state index is -0.195. The summed E-state index contributed by atoms with van der Waals surface area (Å²) in [6, 6.07) is 11.7. The number of nitrogens with zero attached hydrogens (tertiary/aromatic N) is 1. The Morgan fingerprint density at radius 1 is 1.14 bits per heavy atom. The van der Waals surface area contributed by atoms with Crippen molar-refractivity contribution in [3.05, 3.63) is 59.3 Å². The zero-order valence-electron chi connectivity index (χ0n) is 12.9. The third-order valence-corrected chi connectivity index (χ3v) is 3.42. The number of carbonyl (C=O) groups excluding carboxylic acids is 1. The molecule has 0 saturated carbocycles. The van der Waals surface area contributed by atoms with E-state index in [1.165, 1.54) is 11.1 Å². The van der Waals surface area contributed by atoms with Crippen LogP contribution in [-0.2, 0) is 13.0 Å². The Kier molecular flexibility index (Phi) is 5.77. The molecule has 1 aromatic carbocycles. The monoisotopic (exact) mass is 299 g/mol. The SMILES string of the molecule is COc1ncccc1CNC(=O)NCCc1ccccc1C. The summed E-state index contributed by atoms with van der Waals surface area (Å²) in [6.45, 7) is 3.05. The summed E-state index contributed by atoms with van der Waals surface area (Å²) in [7, 11) is 1.56. The maximum Gasteiger partial charge on any atom is 0.315 e. The minimum Gasteiger partial charge on any atom is -0.481 e. The highest BCUT2D eigenvalue weighted by molar-refractivity contribution is 5.73. The highest BCUT2D eigenvalue weighted by Crippen LogP contribution is 2.12. The van der Waals surface area contributed by atoms with Gasteiger partial charge in [-0.2, -0.15) is 0 Å². The first-order valence-electron chi connectivity index (χ1n) is 7.25. The quantitative estimate of drug-likeness (QED) is 0.861. The van der Waals surface area contributed by atoms with E-state index < -0.39 is 0 Å². The number of aromatic nitrogens is 1. The molecule has 2 N–H and O–H groups in total. The van der Waals surface area contributed by atoms with Crippen LogP contribution in [0.2, 0.25) is 0 Å². The first-order chi connectivity index (χ1) is 10.7. The Bertz CT molecular complexity index is 629. The van der Waals surface area contributed by atoms with Gasteiger partial charge in [-0.1, -0.05) is 30.3 Å². The second-order valence-corrected chi connectivity index (χ2v) is 4.96. The summed E-state index contributed by atoms with van der Waals surface area (Å²) in [4.78, 5) is 15.9. The van der Waals surface area contributed by atoms with Gasteiger partial charge in [0.15, 0.2) is 0 Å². The zero-order chi connectivity index (χ0) is 15.8. The molecule has 116 valence electrons. The van der Waals surface area contributed by atoms with Gasteiger partial charge in [0.1, 0.15) is 0 Å². The van der Waals surface area contributed by atoms with E-state index in [0.717, 1.165) is 12.0 Å². The first kappa shape index (κ1) is 15.8. The van der Waals surface area contributed by atoms with Crippen LogP contribution in [0.25, 0.3) is 0 Å². The molecule has 0 bridgehead atoms. The van der Waals surface area contributed by atoms with Gasteiger partial charge in [0.25, 0.3) is 0 Å². The molecule has 2 rings (SSSR count). The molecule has 0 unspecified atom stereocenters. The van der Waals surface area contributed by atoms with Crippen molar-refractivity contribution in [3.8, 4) is 5.88 Å². The number of carbonyl (C=O) groups is 1. The van der Waals surface area contributed by atoms with Crippen LogP contribution < -0.4 is 15.4 Å². The van der Waals surface area contributed by atoms with Crippen LogP contribution in [0, 0.1) is 6.92 Å². The highest BCUT2D eigenvalue weighted by Gasteiger charge is 2.05. The molecule has 0 aliphatic carbocycles. The molecule has 2 aromatic rings. The molecule has 1 aromatic heterocycles. The van der Waals surface area contributed by atoms with E-state index in [-0.39, 0.29) is 6.03 Å². The van der Waals surface area contributed by atoms with Crippen LogP contribution in [0.15, 0.2) is 42.6 Å². The minimum absolute atomic E-state index is 0.195. The maximum atomic E-state index is 11.8. The molecule has 0 saturated heterocycles. The number of amides is 2. The molecule has 0 aliphatic rings. The van der Waals surface area contributed by atoms with E-state index >= 15 is 0 Å². The Balaban J connectivity index is 1.75. The van der Waals surface area contributed by atoms with Gasteiger partial charge in [-0.3, -0.25) is 0 Å². The number of rotatable bonds is 6. The predicted octanol–water partition coefficient (Wildman–Crippen LogP) is 2.44. The Morgan fingerprint density at radius 2 is 1.91 bits per heavy atom. The lowest BCUT2D eigenvalue weighted by molar-refractivity contribution is 0.240. The fraction of sp³-hybridized carbons (Fsp3) is 0.294. The standard InChI is InChI=1S/C17H21N3O2/c1-13-6-3-4-7-14(13)9-11-19-17(21)20-12-15-8-5-10-18-16(15)22-2/h3-8,10H,9,11-12H2,1-2H3,(H2,19,20,21). The molecule has 5 nitrogen and oxygen atoms in total. The van der Waals surface area contributed by atoms with Gasteiger partial charge < -0.3 is 15.4 Å². The summed E-state index contributed by atoms with van der Waals surface area (Å²) in [5, 5.41) is 5.66. The van der Waals surface area contributed by atoms with Gasteiger partial charge >= 0.3 is 6.03 Å². The van der Waals surface area contributed by atoms with Crippen molar-refractivity contribution < 1.29 is 9.53 Å². The van der Waals surface area contributed by atoms with Crippen LogP contribution in [0.5, 0.6) is 5.88 Å². The average molecular weight is 299 g/mol. The maximum absolute atomic E-state index is 11.8. The fourth-order valence-corrected chi connectivity index (χ4v) is 2.18. The summed E-state index contributed by atoms with van der Waals surface area (Å²) in [6.07, 6.45) is 2.47. The van der Waals surface area contributed by atoms with E-state index in [1.54, 1.807) is 13.3 Å². The van der Waals surface area contributed by atoms with Crippen molar-refractivity contribution >= 4 is 6.03 Å². The number of urea groups is 1. The Morgan fingerprint density at radius 3 is 2.68 bits per heavy atom. The van der Waals surface area contributed by atoms with Crippen LogP contribution in [0.4, 0.5) is 4.79 Å². The van der Waals surface area contributed by atoms with E-state index in [1.807, 2.05) is 24.3 Å². The molecule has 1 heterocycles. The van der Waals surface area contributed by atoms with Gasteiger partial charge in [0, 0.05) is 24.8 Å². The Labute approximate surface area is 130 Å². The normalized spacial score (nSPS) is 10.1. The lowest BCUT2D eigenvalue weighted by Gasteiger charge is -2.10. The van der Waals surface area contributed by atoms with Crippen molar-refractivity contribution in [2.24, 2.45) is 0 Å². The molecule has 0 aliphatic heterocycles. The van der Waals surface area contributed by atoms with E-state index in [2.05, 4.69) is 34.7 Å². The van der Waals surface area contributed by atoms with Crippen LogP contribution in [0.1, 0.15) is 16.7 Å². The molecule has 0 fully saturated rings. The number of nitrogens with one attached hydrogen (secondary N) is 2. The van der Waals surface area contributed by atoms with Gasteiger partial charge in [0.05, 0.1) is 7.11 Å². The number of ether oxygens (including phenoxy) is 1. The number of methoxy groups -OCH3 is 1. The topological polar surface area (TPSA) is 63.2 Å².